The predicted molar refractivity (Wildman–Crippen MR) is 18.3 cm³/mol. The summed E-state index contributed by atoms with van der Waals surface area (Å²) in [6.45, 7) is 0. The molecule has 0 rings (SSSR count). The second-order valence-electron chi connectivity index (χ2n) is 0.452. The van der Waals surface area contributed by atoms with Crippen molar-refractivity contribution in [1.82, 2.24) is 0 Å². The number of hydrogen-bond acceptors (Lipinski definition) is 2. The summed E-state index contributed by atoms with van der Waals surface area (Å²) in [7, 11) is -2.20. The average molecular weight is 93.0 g/mol. The number of nitrogens with two attached hydrogens (primary N) is 1. The van der Waals surface area contributed by atoms with Gasteiger partial charge in [-0.1, -0.05) is 0 Å². The van der Waals surface area contributed by atoms with E-state index in [1.165, 1.54) is 0 Å². The van der Waals surface area contributed by atoms with Crippen LogP contribution < -0.4 is 5.73 Å². The Labute approximate surface area is 30.7 Å². The molecule has 0 aromatic heterocycles. The molecule has 0 bridgehead atoms. The first kappa shape index (κ1) is 5.02. The van der Waals surface area contributed by atoms with Crippen molar-refractivity contribution in [2.75, 3.05) is 0 Å². The number of hydrogen-bond donors (Lipinski definition) is 2. The maximum Gasteiger partial charge on any atom is 0.230 e. The van der Waals surface area contributed by atoms with Crippen LogP contribution in [0.15, 0.2) is 0 Å². The molecule has 0 saturated heterocycles. The fourth-order valence-corrected chi connectivity index (χ4v) is 0. The fourth-order valence-electron chi connectivity index (χ4n) is 0. The molecule has 3 nitrogen and oxygen atoms in total. The van der Waals surface area contributed by atoms with Crippen LogP contribution in [0.1, 0.15) is 0 Å². The van der Waals surface area contributed by atoms with E-state index < -0.39 is 8.03 Å². The molecule has 0 spiro atoms. The van der Waals surface area contributed by atoms with E-state index >= 15 is 0 Å². The Morgan fingerprint density at radius 3 is 2.20 bits per heavy atom. The van der Waals surface area contributed by atoms with Gasteiger partial charge in [-0.15, -0.1) is 0 Å². The standard InChI is InChI=1S/CH4NO2P/c2-1-5(3)4/h1H,2H2,(H,3,4). The molecule has 1 atom stereocenters. The van der Waals surface area contributed by atoms with Crippen molar-refractivity contribution >= 4 is 8.03 Å². The third-order valence-electron chi connectivity index (χ3n) is 0.128. The van der Waals surface area contributed by atoms with E-state index in [1.54, 1.807) is 0 Å². The van der Waals surface area contributed by atoms with Crippen LogP contribution in [0.2, 0.25) is 0 Å². The van der Waals surface area contributed by atoms with Gasteiger partial charge in [-0.3, -0.25) is 4.57 Å². The minimum atomic E-state index is -2.20. The summed E-state index contributed by atoms with van der Waals surface area (Å²) in [4.78, 5) is 7.69. The molecular formula is CH4NO2P. The molecule has 2 radical (unpaired) electrons. The van der Waals surface area contributed by atoms with Gasteiger partial charge < -0.3 is 10.6 Å². The summed E-state index contributed by atoms with van der Waals surface area (Å²) in [5.74, 6) is 0. The van der Waals surface area contributed by atoms with Crippen molar-refractivity contribution in [3.05, 3.63) is 6.29 Å². The molecule has 5 heavy (non-hydrogen) atoms. The SMILES string of the molecule is N[CH][P](=O)O. The van der Waals surface area contributed by atoms with Gasteiger partial charge in [-0.25, -0.2) is 0 Å². The Balaban J connectivity index is 2.85. The van der Waals surface area contributed by atoms with E-state index in [2.05, 4.69) is 5.73 Å². The minimum absolute atomic E-state index is 0.731. The molecule has 30 valence electrons. The molecule has 4 heteroatoms. The largest absolute Gasteiger partial charge is 0.319 e. The molecule has 0 saturated carbocycles. The van der Waals surface area contributed by atoms with Gasteiger partial charge >= 0.3 is 0 Å². The lowest BCUT2D eigenvalue weighted by atomic mass is 11.6. The van der Waals surface area contributed by atoms with Crippen molar-refractivity contribution < 1.29 is 9.46 Å². The van der Waals surface area contributed by atoms with E-state index in [0.29, 0.717) is 0 Å². The van der Waals surface area contributed by atoms with Gasteiger partial charge in [0.25, 0.3) is 0 Å². The van der Waals surface area contributed by atoms with Gasteiger partial charge in [0.2, 0.25) is 8.03 Å². The molecular weight excluding hydrogens is 89.0 g/mol. The first-order valence-corrected chi connectivity index (χ1v) is 2.26. The van der Waals surface area contributed by atoms with Crippen LogP contribution in [-0.4, -0.2) is 4.89 Å². The Hall–Kier alpha value is 0.0200. The van der Waals surface area contributed by atoms with Gasteiger partial charge in [-0.05, 0) is 0 Å². The number of rotatable bonds is 1. The van der Waals surface area contributed by atoms with Gasteiger partial charge in [-0.2, -0.15) is 0 Å². The zero-order valence-electron chi connectivity index (χ0n) is 2.46. The van der Waals surface area contributed by atoms with Crippen molar-refractivity contribution in [1.29, 1.82) is 0 Å². The highest BCUT2D eigenvalue weighted by Crippen LogP contribution is 2.10. The maximum atomic E-state index is 9.34. The summed E-state index contributed by atoms with van der Waals surface area (Å²) in [6.07, 6.45) is 0.731. The third-order valence-corrected chi connectivity index (χ3v) is 0.383. The summed E-state index contributed by atoms with van der Waals surface area (Å²) < 4.78 is 9.34. The van der Waals surface area contributed by atoms with E-state index in [1.807, 2.05) is 0 Å². The van der Waals surface area contributed by atoms with Crippen LogP contribution in [0.5, 0.6) is 0 Å². The molecule has 0 aliphatic heterocycles. The third kappa shape index (κ3) is 4.02. The van der Waals surface area contributed by atoms with Crippen molar-refractivity contribution in [2.45, 2.75) is 0 Å². The van der Waals surface area contributed by atoms with Crippen molar-refractivity contribution in [3.63, 3.8) is 0 Å². The van der Waals surface area contributed by atoms with E-state index in [4.69, 9.17) is 4.89 Å². The quantitative estimate of drug-likeness (QED) is 0.441. The Bertz CT molecular complexity index is 44.9. The van der Waals surface area contributed by atoms with Crippen LogP contribution in [0, 0.1) is 6.29 Å². The molecule has 0 aromatic carbocycles. The normalized spacial score (nSPS) is 11.2. The highest BCUT2D eigenvalue weighted by Gasteiger charge is 1.79. The lowest BCUT2D eigenvalue weighted by molar-refractivity contribution is 0.508. The van der Waals surface area contributed by atoms with Crippen molar-refractivity contribution in [2.24, 2.45) is 5.73 Å². The summed E-state index contributed by atoms with van der Waals surface area (Å²) in [5, 5.41) is 0. The molecule has 0 aliphatic rings. The average Bonchev–Trinajstić information content (AvgIpc) is 1.38. The fraction of sp³-hybridized carbons (Fsp3) is 0. The van der Waals surface area contributed by atoms with Crippen LogP contribution in [-0.2, 0) is 4.57 Å². The van der Waals surface area contributed by atoms with Gasteiger partial charge in [0.15, 0.2) is 0 Å². The van der Waals surface area contributed by atoms with E-state index in [-0.39, 0.29) is 0 Å². The zero-order valence-corrected chi connectivity index (χ0v) is 3.35. The smallest absolute Gasteiger partial charge is 0.230 e. The molecule has 0 heterocycles. The molecule has 3 N–H and O–H groups in total. The lowest BCUT2D eigenvalue weighted by Gasteiger charge is -1.71. The van der Waals surface area contributed by atoms with Gasteiger partial charge in [0, 0.05) is 0 Å². The summed E-state index contributed by atoms with van der Waals surface area (Å²) in [5.41, 5.74) is 4.51. The highest BCUT2D eigenvalue weighted by molar-refractivity contribution is 7.40. The highest BCUT2D eigenvalue weighted by atomic mass is 31.1. The maximum absolute atomic E-state index is 9.34. The summed E-state index contributed by atoms with van der Waals surface area (Å²) >= 11 is 0. The lowest BCUT2D eigenvalue weighted by Crippen LogP contribution is -1.80. The minimum Gasteiger partial charge on any atom is -0.319 e. The van der Waals surface area contributed by atoms with Crippen molar-refractivity contribution in [3.8, 4) is 0 Å². The Morgan fingerprint density at radius 2 is 2.20 bits per heavy atom. The first-order valence-electron chi connectivity index (χ1n) is 0.974. The molecule has 0 fully saturated rings. The predicted octanol–water partition coefficient (Wildman–Crippen LogP) is -0.201. The Morgan fingerprint density at radius 1 is 2.00 bits per heavy atom. The van der Waals surface area contributed by atoms with Crippen LogP contribution in [0.3, 0.4) is 0 Å². The van der Waals surface area contributed by atoms with Crippen LogP contribution in [0.25, 0.3) is 0 Å². The van der Waals surface area contributed by atoms with Gasteiger partial charge in [0.05, 0.1) is 0 Å². The summed E-state index contributed by atoms with van der Waals surface area (Å²) in [6, 6.07) is 0. The van der Waals surface area contributed by atoms with Crippen LogP contribution in [0.4, 0.5) is 0 Å². The second kappa shape index (κ2) is 2.27. The zero-order chi connectivity index (χ0) is 4.28. The topological polar surface area (TPSA) is 63.3 Å². The van der Waals surface area contributed by atoms with Crippen LogP contribution >= 0.6 is 8.03 Å². The van der Waals surface area contributed by atoms with E-state index in [0.717, 1.165) is 6.29 Å². The van der Waals surface area contributed by atoms with Gasteiger partial charge in [0.1, 0.15) is 6.29 Å². The van der Waals surface area contributed by atoms with E-state index in [9.17, 15) is 4.57 Å². The monoisotopic (exact) mass is 93.0 g/mol. The molecule has 0 aliphatic carbocycles. The molecule has 0 amide bonds. The molecule has 1 unspecified atom stereocenters. The second-order valence-corrected chi connectivity index (χ2v) is 1.35. The molecule has 0 aromatic rings. The first-order chi connectivity index (χ1) is 2.27. The Kier molecular flexibility index (Phi) is 2.28.